The molecule has 0 unspecified atom stereocenters. The Bertz CT molecular complexity index is 416. The Hall–Kier alpha value is -1.22. The third kappa shape index (κ3) is 3.14. The van der Waals surface area contributed by atoms with Crippen molar-refractivity contribution in [3.63, 3.8) is 0 Å². The lowest BCUT2D eigenvalue weighted by Crippen LogP contribution is -2.04. The maximum absolute atomic E-state index is 13.1. The van der Waals surface area contributed by atoms with Crippen LogP contribution in [0.2, 0.25) is 5.02 Å². The number of hydrogen-bond donors (Lipinski definition) is 1. The Morgan fingerprint density at radius 3 is 2.75 bits per heavy atom. The molecule has 0 bridgehead atoms. The fourth-order valence-electron chi connectivity index (χ4n) is 1.38. The summed E-state index contributed by atoms with van der Waals surface area (Å²) in [5, 5.41) is 7.52. The van der Waals surface area contributed by atoms with E-state index >= 15 is 0 Å². The van der Waals surface area contributed by atoms with Gasteiger partial charge >= 0.3 is 0 Å². The van der Waals surface area contributed by atoms with Gasteiger partial charge in [-0.2, -0.15) is 0 Å². The first-order chi connectivity index (χ1) is 7.58. The number of nitrogens with one attached hydrogen (secondary N) is 1. The average molecular weight is 244 g/mol. The molecule has 4 heteroatoms. The molecule has 0 radical (unpaired) electrons. The average Bonchev–Trinajstić information content (AvgIpc) is 2.23. The first kappa shape index (κ1) is 12.8. The minimum atomic E-state index is -0.558. The summed E-state index contributed by atoms with van der Waals surface area (Å²) in [6.45, 7) is 3.00. The molecular formula is C12H12ClF2N. The van der Waals surface area contributed by atoms with E-state index in [2.05, 4.69) is 6.58 Å². The van der Waals surface area contributed by atoms with Crippen molar-refractivity contribution in [1.82, 2.24) is 0 Å². The lowest BCUT2D eigenvalue weighted by molar-refractivity contribution is 0.507. The van der Waals surface area contributed by atoms with Crippen LogP contribution >= 0.6 is 11.6 Å². The van der Waals surface area contributed by atoms with E-state index in [1.807, 2.05) is 0 Å². The van der Waals surface area contributed by atoms with Gasteiger partial charge < -0.3 is 5.41 Å². The summed E-state index contributed by atoms with van der Waals surface area (Å²) < 4.78 is 25.2. The van der Waals surface area contributed by atoms with E-state index in [-0.39, 0.29) is 23.6 Å². The fourth-order valence-corrected chi connectivity index (χ4v) is 1.57. The molecule has 0 fully saturated rings. The van der Waals surface area contributed by atoms with E-state index < -0.39 is 12.5 Å². The van der Waals surface area contributed by atoms with Crippen LogP contribution in [0.1, 0.15) is 17.5 Å². The fraction of sp³-hybridized carbons (Fsp3) is 0.250. The second kappa shape index (κ2) is 5.75. The van der Waals surface area contributed by atoms with Crippen molar-refractivity contribution in [2.45, 2.75) is 12.8 Å². The molecule has 0 spiro atoms. The predicted octanol–water partition coefficient (Wildman–Crippen LogP) is 4.04. The predicted molar refractivity (Wildman–Crippen MR) is 63.5 cm³/mol. The molecule has 1 rings (SSSR count). The molecule has 0 saturated heterocycles. The molecule has 0 heterocycles. The van der Waals surface area contributed by atoms with Crippen molar-refractivity contribution in [2.75, 3.05) is 6.67 Å². The van der Waals surface area contributed by atoms with Gasteiger partial charge in [-0.25, -0.2) is 4.39 Å². The van der Waals surface area contributed by atoms with Gasteiger partial charge in [0.05, 0.1) is 11.7 Å². The van der Waals surface area contributed by atoms with Crippen LogP contribution < -0.4 is 0 Å². The van der Waals surface area contributed by atoms with E-state index in [0.29, 0.717) is 11.1 Å². The van der Waals surface area contributed by atoms with Gasteiger partial charge in [0.25, 0.3) is 0 Å². The number of hydrogen-bond acceptors (Lipinski definition) is 1. The molecule has 1 aromatic carbocycles. The molecule has 16 heavy (non-hydrogen) atoms. The second-order valence-corrected chi connectivity index (χ2v) is 3.80. The maximum atomic E-state index is 13.1. The Balaban J connectivity index is 2.98. The number of halogens is 3. The van der Waals surface area contributed by atoms with E-state index in [1.165, 1.54) is 18.2 Å². The van der Waals surface area contributed by atoms with Gasteiger partial charge in [-0.05, 0) is 23.3 Å². The highest BCUT2D eigenvalue weighted by Crippen LogP contribution is 2.22. The number of alkyl halides is 1. The summed E-state index contributed by atoms with van der Waals surface area (Å²) in [4.78, 5) is 0. The quantitative estimate of drug-likeness (QED) is 0.755. The SMILES string of the molecule is C=Cc1cc(F)c(Cl)cc1CC(=N)CCF. The van der Waals surface area contributed by atoms with Crippen LogP contribution in [0.3, 0.4) is 0 Å². The molecule has 0 aliphatic heterocycles. The Morgan fingerprint density at radius 1 is 1.50 bits per heavy atom. The molecule has 0 saturated carbocycles. The van der Waals surface area contributed by atoms with Crippen LogP contribution in [0.5, 0.6) is 0 Å². The zero-order valence-electron chi connectivity index (χ0n) is 8.69. The monoisotopic (exact) mass is 243 g/mol. The highest BCUT2D eigenvalue weighted by atomic mass is 35.5. The van der Waals surface area contributed by atoms with Gasteiger partial charge in [-0.15, -0.1) is 0 Å². The standard InChI is InChI=1S/C12H12ClF2N/c1-2-8-7-12(15)11(13)6-9(8)5-10(16)3-4-14/h2,6-7,16H,1,3-5H2. The highest BCUT2D eigenvalue weighted by molar-refractivity contribution is 6.30. The summed E-state index contributed by atoms with van der Waals surface area (Å²) in [5.74, 6) is -0.516. The Kier molecular flexibility index (Phi) is 4.62. The van der Waals surface area contributed by atoms with Gasteiger partial charge in [0.1, 0.15) is 5.82 Å². The van der Waals surface area contributed by atoms with Gasteiger partial charge in [-0.3, -0.25) is 4.39 Å². The normalized spacial score (nSPS) is 10.2. The number of benzene rings is 1. The molecule has 0 aliphatic carbocycles. The molecular weight excluding hydrogens is 232 g/mol. The zero-order chi connectivity index (χ0) is 12.1. The van der Waals surface area contributed by atoms with Crippen LogP contribution in [0.4, 0.5) is 8.78 Å². The van der Waals surface area contributed by atoms with Crippen LogP contribution in [0.15, 0.2) is 18.7 Å². The smallest absolute Gasteiger partial charge is 0.142 e. The summed E-state index contributed by atoms with van der Waals surface area (Å²) in [7, 11) is 0. The van der Waals surface area contributed by atoms with Gasteiger partial charge in [0.15, 0.2) is 0 Å². The first-order valence-corrected chi connectivity index (χ1v) is 5.19. The van der Waals surface area contributed by atoms with Crippen molar-refractivity contribution in [1.29, 1.82) is 5.41 Å². The minimum Gasteiger partial charge on any atom is -0.309 e. The molecule has 0 atom stereocenters. The van der Waals surface area contributed by atoms with Crippen LogP contribution in [0, 0.1) is 11.2 Å². The van der Waals surface area contributed by atoms with E-state index in [4.69, 9.17) is 17.0 Å². The van der Waals surface area contributed by atoms with Crippen molar-refractivity contribution in [2.24, 2.45) is 0 Å². The largest absolute Gasteiger partial charge is 0.309 e. The minimum absolute atomic E-state index is 0.00801. The third-order valence-corrected chi connectivity index (χ3v) is 2.49. The van der Waals surface area contributed by atoms with Gasteiger partial charge in [0, 0.05) is 18.6 Å². The van der Waals surface area contributed by atoms with Crippen molar-refractivity contribution in [3.05, 3.63) is 40.7 Å². The van der Waals surface area contributed by atoms with Crippen LogP contribution in [-0.2, 0) is 6.42 Å². The molecule has 0 amide bonds. The number of rotatable bonds is 5. The zero-order valence-corrected chi connectivity index (χ0v) is 9.45. The summed E-state index contributed by atoms with van der Waals surface area (Å²) in [6, 6.07) is 2.73. The van der Waals surface area contributed by atoms with Gasteiger partial charge in [-0.1, -0.05) is 24.3 Å². The first-order valence-electron chi connectivity index (χ1n) is 4.81. The van der Waals surface area contributed by atoms with Crippen molar-refractivity contribution < 1.29 is 8.78 Å². The lowest BCUT2D eigenvalue weighted by atomic mass is 10.0. The van der Waals surface area contributed by atoms with E-state index in [9.17, 15) is 8.78 Å². The summed E-state index contributed by atoms with van der Waals surface area (Å²) >= 11 is 5.65. The van der Waals surface area contributed by atoms with Gasteiger partial charge in [0.2, 0.25) is 0 Å². The topological polar surface area (TPSA) is 23.9 Å². The summed E-state index contributed by atoms with van der Waals surface area (Å²) in [5.41, 5.74) is 1.54. The molecule has 1 aromatic rings. The molecule has 0 aromatic heterocycles. The second-order valence-electron chi connectivity index (χ2n) is 3.39. The Morgan fingerprint density at radius 2 is 2.19 bits per heavy atom. The summed E-state index contributed by atoms with van der Waals surface area (Å²) in [6.07, 6.45) is 1.86. The third-order valence-electron chi connectivity index (χ3n) is 2.20. The van der Waals surface area contributed by atoms with Crippen molar-refractivity contribution >= 4 is 23.4 Å². The lowest BCUT2D eigenvalue weighted by Gasteiger charge is -2.08. The van der Waals surface area contributed by atoms with E-state index in [0.717, 1.165) is 0 Å². The molecule has 0 aliphatic rings. The molecule has 86 valence electrons. The van der Waals surface area contributed by atoms with Crippen LogP contribution in [-0.4, -0.2) is 12.4 Å². The van der Waals surface area contributed by atoms with E-state index in [1.54, 1.807) is 0 Å². The van der Waals surface area contributed by atoms with Crippen LogP contribution in [0.25, 0.3) is 6.08 Å². The highest BCUT2D eigenvalue weighted by Gasteiger charge is 2.08. The maximum Gasteiger partial charge on any atom is 0.142 e. The Labute approximate surface area is 98.3 Å². The van der Waals surface area contributed by atoms with Crippen molar-refractivity contribution in [3.8, 4) is 0 Å². The molecule has 1 N–H and O–H groups in total. The molecule has 1 nitrogen and oxygen atoms in total.